The van der Waals surface area contributed by atoms with Crippen molar-refractivity contribution in [2.75, 3.05) is 0 Å². The van der Waals surface area contributed by atoms with Crippen molar-refractivity contribution in [3.63, 3.8) is 0 Å². The fraction of sp³-hybridized carbons (Fsp3) is 0.600. The summed E-state index contributed by atoms with van der Waals surface area (Å²) < 4.78 is 0. The van der Waals surface area contributed by atoms with Gasteiger partial charge in [0, 0.05) is 0 Å². The van der Waals surface area contributed by atoms with E-state index in [0.717, 1.165) is 11.1 Å². The Kier molecular flexibility index (Phi) is 4.21. The first-order valence-electron chi connectivity index (χ1n) is 6.05. The first-order chi connectivity index (χ1) is 7.51. The van der Waals surface area contributed by atoms with E-state index in [1.807, 2.05) is 27.7 Å². The lowest BCUT2D eigenvalue weighted by Crippen LogP contribution is -2.14. The third kappa shape index (κ3) is 3.89. The Morgan fingerprint density at radius 2 is 1.18 bits per heavy atom. The second kappa shape index (κ2) is 4.82. The highest BCUT2D eigenvalue weighted by Crippen LogP contribution is 2.36. The fourth-order valence-electron chi connectivity index (χ4n) is 1.67. The minimum atomic E-state index is -0.359. The van der Waals surface area contributed by atoms with E-state index in [2.05, 4.69) is 32.0 Å². The van der Waals surface area contributed by atoms with Crippen molar-refractivity contribution in [2.45, 2.75) is 57.2 Å². The molecule has 0 nitrogen and oxygen atoms in total. The van der Waals surface area contributed by atoms with E-state index in [4.69, 9.17) is 23.2 Å². The van der Waals surface area contributed by atoms with Crippen LogP contribution in [0.5, 0.6) is 0 Å². The average molecular weight is 273 g/mol. The van der Waals surface area contributed by atoms with Gasteiger partial charge in [0.2, 0.25) is 0 Å². The molecule has 0 N–H and O–H groups in total. The Hall–Kier alpha value is -0.200. The summed E-state index contributed by atoms with van der Waals surface area (Å²) in [6, 6.07) is 6.49. The molecule has 0 bridgehead atoms. The quantitative estimate of drug-likeness (QED) is 0.614. The van der Waals surface area contributed by atoms with Crippen molar-refractivity contribution in [3.05, 3.63) is 34.9 Å². The van der Waals surface area contributed by atoms with E-state index in [0.29, 0.717) is 5.92 Å². The molecule has 2 heteroatoms. The van der Waals surface area contributed by atoms with Crippen LogP contribution in [-0.2, 0) is 9.75 Å². The fourth-order valence-corrected chi connectivity index (χ4v) is 1.89. The van der Waals surface area contributed by atoms with Gasteiger partial charge >= 0.3 is 0 Å². The molecule has 0 aliphatic heterocycles. The van der Waals surface area contributed by atoms with Crippen LogP contribution in [0.25, 0.3) is 0 Å². The predicted molar refractivity (Wildman–Crippen MR) is 78.3 cm³/mol. The zero-order valence-corrected chi connectivity index (χ0v) is 13.1. The predicted octanol–water partition coefficient (Wildman–Crippen LogP) is 5.76. The van der Waals surface area contributed by atoms with Crippen LogP contribution in [0.2, 0.25) is 0 Å². The van der Waals surface area contributed by atoms with E-state index >= 15 is 0 Å². The molecule has 17 heavy (non-hydrogen) atoms. The molecule has 0 aliphatic carbocycles. The first kappa shape index (κ1) is 14.9. The van der Waals surface area contributed by atoms with Gasteiger partial charge in [0.15, 0.2) is 0 Å². The maximum Gasteiger partial charge on any atom is 0.0639 e. The maximum absolute atomic E-state index is 6.41. The Balaban J connectivity index is 3.40. The molecular formula is C15H22Cl2. The molecule has 0 radical (unpaired) electrons. The number of hydrogen-bond acceptors (Lipinski definition) is 0. The van der Waals surface area contributed by atoms with Gasteiger partial charge in [0.25, 0.3) is 0 Å². The summed E-state index contributed by atoms with van der Waals surface area (Å²) >= 11 is 12.8. The number of rotatable bonds is 3. The van der Waals surface area contributed by atoms with Crippen molar-refractivity contribution < 1.29 is 0 Å². The van der Waals surface area contributed by atoms with Crippen molar-refractivity contribution >= 4 is 23.2 Å². The molecule has 0 spiro atoms. The SMILES string of the molecule is CC(C)c1cc(C(C)(C)Cl)cc(C(C)(C)Cl)c1. The second-order valence-electron chi connectivity index (χ2n) is 5.94. The summed E-state index contributed by atoms with van der Waals surface area (Å²) in [5.41, 5.74) is 3.56. The molecule has 0 aliphatic rings. The zero-order chi connectivity index (χ0) is 13.4. The molecule has 0 saturated heterocycles. The summed E-state index contributed by atoms with van der Waals surface area (Å²) in [7, 11) is 0. The minimum absolute atomic E-state index is 0.359. The van der Waals surface area contributed by atoms with Gasteiger partial charge in [-0.3, -0.25) is 0 Å². The van der Waals surface area contributed by atoms with E-state index in [1.54, 1.807) is 0 Å². The van der Waals surface area contributed by atoms with Crippen LogP contribution in [0.4, 0.5) is 0 Å². The molecule has 1 rings (SSSR count). The van der Waals surface area contributed by atoms with Crippen LogP contribution in [0.3, 0.4) is 0 Å². The van der Waals surface area contributed by atoms with Gasteiger partial charge in [-0.15, -0.1) is 23.2 Å². The monoisotopic (exact) mass is 272 g/mol. The summed E-state index contributed by atoms with van der Waals surface area (Å²) in [6.45, 7) is 12.4. The summed E-state index contributed by atoms with van der Waals surface area (Å²) in [4.78, 5) is -0.719. The van der Waals surface area contributed by atoms with Gasteiger partial charge < -0.3 is 0 Å². The number of alkyl halides is 2. The average Bonchev–Trinajstić information content (AvgIpc) is 2.14. The molecule has 96 valence electrons. The Morgan fingerprint density at radius 1 is 0.824 bits per heavy atom. The highest BCUT2D eigenvalue weighted by Gasteiger charge is 2.23. The lowest BCUT2D eigenvalue weighted by atomic mass is 9.89. The van der Waals surface area contributed by atoms with Crippen LogP contribution in [0.15, 0.2) is 18.2 Å². The van der Waals surface area contributed by atoms with Gasteiger partial charge in [-0.2, -0.15) is 0 Å². The molecule has 0 unspecified atom stereocenters. The molecule has 0 amide bonds. The highest BCUT2D eigenvalue weighted by molar-refractivity contribution is 6.24. The van der Waals surface area contributed by atoms with Crippen molar-refractivity contribution in [1.82, 2.24) is 0 Å². The van der Waals surface area contributed by atoms with E-state index < -0.39 is 0 Å². The molecule has 0 fully saturated rings. The molecule has 0 heterocycles. The van der Waals surface area contributed by atoms with E-state index in [1.165, 1.54) is 5.56 Å². The molecule has 0 saturated carbocycles. The molecular weight excluding hydrogens is 251 g/mol. The van der Waals surface area contributed by atoms with Crippen molar-refractivity contribution in [1.29, 1.82) is 0 Å². The summed E-state index contributed by atoms with van der Waals surface area (Å²) in [6.07, 6.45) is 0. The third-order valence-electron chi connectivity index (χ3n) is 2.99. The Labute approximate surface area is 115 Å². The summed E-state index contributed by atoms with van der Waals surface area (Å²) in [5.74, 6) is 0.478. The first-order valence-corrected chi connectivity index (χ1v) is 6.81. The molecule has 0 atom stereocenters. The highest BCUT2D eigenvalue weighted by atomic mass is 35.5. The van der Waals surface area contributed by atoms with E-state index in [9.17, 15) is 0 Å². The standard InChI is InChI=1S/C15H22Cl2/c1-10(2)11-7-12(14(3,4)16)9-13(8-11)15(5,6)17/h7-10H,1-6H3. The Bertz CT molecular complexity index is 360. The van der Waals surface area contributed by atoms with Gasteiger partial charge in [-0.1, -0.05) is 32.0 Å². The number of benzene rings is 1. The van der Waals surface area contributed by atoms with Crippen molar-refractivity contribution in [3.8, 4) is 0 Å². The number of halogens is 2. The summed E-state index contributed by atoms with van der Waals surface area (Å²) in [5, 5.41) is 0. The smallest absolute Gasteiger partial charge is 0.0639 e. The zero-order valence-electron chi connectivity index (χ0n) is 11.6. The lowest BCUT2D eigenvalue weighted by Gasteiger charge is -2.24. The number of hydrogen-bond donors (Lipinski definition) is 0. The minimum Gasteiger partial charge on any atom is -0.115 e. The van der Waals surface area contributed by atoms with Crippen LogP contribution < -0.4 is 0 Å². The topological polar surface area (TPSA) is 0 Å². The maximum atomic E-state index is 6.41. The van der Waals surface area contributed by atoms with Crippen molar-refractivity contribution in [2.24, 2.45) is 0 Å². The normalized spacial score (nSPS) is 13.2. The van der Waals surface area contributed by atoms with Gasteiger partial charge in [0.05, 0.1) is 9.75 Å². The van der Waals surface area contributed by atoms with Crippen LogP contribution in [0, 0.1) is 0 Å². The van der Waals surface area contributed by atoms with Crippen LogP contribution >= 0.6 is 23.2 Å². The lowest BCUT2D eigenvalue weighted by molar-refractivity contribution is 0.726. The third-order valence-corrected chi connectivity index (χ3v) is 3.43. The molecule has 0 aromatic heterocycles. The molecule has 1 aromatic rings. The van der Waals surface area contributed by atoms with Gasteiger partial charge in [-0.05, 0) is 50.3 Å². The second-order valence-corrected chi connectivity index (χ2v) is 7.83. The largest absolute Gasteiger partial charge is 0.115 e. The van der Waals surface area contributed by atoms with Gasteiger partial charge in [0.1, 0.15) is 0 Å². The molecule has 1 aromatic carbocycles. The van der Waals surface area contributed by atoms with Crippen LogP contribution in [0.1, 0.15) is 64.2 Å². The van der Waals surface area contributed by atoms with Gasteiger partial charge in [-0.25, -0.2) is 0 Å². The van der Waals surface area contributed by atoms with E-state index in [-0.39, 0.29) is 9.75 Å². The van der Waals surface area contributed by atoms with Crippen LogP contribution in [-0.4, -0.2) is 0 Å². The Morgan fingerprint density at radius 3 is 1.41 bits per heavy atom.